The smallest absolute Gasteiger partial charge is 0.153 e. The Hall–Kier alpha value is -1.43. The molecular formula is C11H16N2O3S. The van der Waals surface area contributed by atoms with Gasteiger partial charge in [0.05, 0.1) is 18.6 Å². The van der Waals surface area contributed by atoms with Crippen LogP contribution in [0.5, 0.6) is 5.75 Å². The van der Waals surface area contributed by atoms with Crippen LogP contribution < -0.4 is 15.4 Å². The van der Waals surface area contributed by atoms with Crippen molar-refractivity contribution in [2.75, 3.05) is 42.3 Å². The van der Waals surface area contributed by atoms with Crippen molar-refractivity contribution in [2.24, 2.45) is 0 Å². The summed E-state index contributed by atoms with van der Waals surface area (Å²) in [6.07, 6.45) is 0. The van der Waals surface area contributed by atoms with E-state index in [0.717, 1.165) is 5.69 Å². The first-order chi connectivity index (χ1) is 8.00. The molecule has 17 heavy (non-hydrogen) atoms. The third-order valence-electron chi connectivity index (χ3n) is 2.86. The van der Waals surface area contributed by atoms with Crippen LogP contribution in [-0.2, 0) is 9.84 Å². The monoisotopic (exact) mass is 256 g/mol. The molecule has 0 amide bonds. The van der Waals surface area contributed by atoms with Crippen molar-refractivity contribution in [3.63, 3.8) is 0 Å². The molecule has 0 radical (unpaired) electrons. The van der Waals surface area contributed by atoms with E-state index in [0.29, 0.717) is 24.5 Å². The number of ether oxygens (including phenoxy) is 1. The van der Waals surface area contributed by atoms with Crippen molar-refractivity contribution in [3.8, 4) is 5.75 Å². The Labute approximate surface area is 101 Å². The van der Waals surface area contributed by atoms with Gasteiger partial charge in [-0.25, -0.2) is 8.42 Å². The Bertz CT molecular complexity index is 499. The van der Waals surface area contributed by atoms with E-state index in [1.165, 1.54) is 0 Å². The number of sulfone groups is 1. The molecule has 1 aliphatic rings. The van der Waals surface area contributed by atoms with Crippen molar-refractivity contribution >= 4 is 21.2 Å². The molecule has 0 aliphatic carbocycles. The number of methoxy groups -OCH3 is 1. The molecule has 1 aliphatic heterocycles. The molecule has 2 N–H and O–H groups in total. The predicted octanol–water partition coefficient (Wildman–Crippen LogP) is 0.512. The van der Waals surface area contributed by atoms with Crippen molar-refractivity contribution < 1.29 is 13.2 Å². The zero-order valence-electron chi connectivity index (χ0n) is 9.72. The highest BCUT2D eigenvalue weighted by atomic mass is 32.2. The molecule has 0 unspecified atom stereocenters. The van der Waals surface area contributed by atoms with Crippen molar-refractivity contribution in [2.45, 2.75) is 0 Å². The van der Waals surface area contributed by atoms with E-state index in [9.17, 15) is 8.42 Å². The Morgan fingerprint density at radius 3 is 2.47 bits per heavy atom. The maximum absolute atomic E-state index is 11.3. The van der Waals surface area contributed by atoms with E-state index in [1.54, 1.807) is 13.2 Å². The second-order valence-corrected chi connectivity index (χ2v) is 6.41. The van der Waals surface area contributed by atoms with Gasteiger partial charge in [0.25, 0.3) is 0 Å². The number of hydrogen-bond donors (Lipinski definition) is 1. The first-order valence-corrected chi connectivity index (χ1v) is 7.22. The molecule has 0 bridgehead atoms. The molecule has 0 saturated carbocycles. The van der Waals surface area contributed by atoms with Crippen LogP contribution in [0, 0.1) is 0 Å². The Balaban J connectivity index is 2.21. The van der Waals surface area contributed by atoms with E-state index in [1.807, 2.05) is 17.0 Å². The molecule has 2 rings (SSSR count). The number of nitrogens with two attached hydrogens (primary N) is 1. The normalized spacial score (nSPS) is 19.0. The minimum Gasteiger partial charge on any atom is -0.497 e. The van der Waals surface area contributed by atoms with Crippen LogP contribution in [0.3, 0.4) is 0 Å². The summed E-state index contributed by atoms with van der Waals surface area (Å²) >= 11 is 0. The van der Waals surface area contributed by atoms with Gasteiger partial charge in [0.1, 0.15) is 5.75 Å². The van der Waals surface area contributed by atoms with Crippen molar-refractivity contribution in [3.05, 3.63) is 18.2 Å². The third-order valence-corrected chi connectivity index (χ3v) is 4.47. The summed E-state index contributed by atoms with van der Waals surface area (Å²) in [5, 5.41) is 0. The lowest BCUT2D eigenvalue weighted by molar-refractivity contribution is 0.415. The molecule has 94 valence electrons. The van der Waals surface area contributed by atoms with Crippen LogP contribution in [-0.4, -0.2) is 40.1 Å². The zero-order chi connectivity index (χ0) is 12.5. The molecule has 6 heteroatoms. The highest BCUT2D eigenvalue weighted by molar-refractivity contribution is 7.91. The van der Waals surface area contributed by atoms with E-state index in [-0.39, 0.29) is 11.5 Å². The number of rotatable bonds is 2. The quantitative estimate of drug-likeness (QED) is 0.781. The Kier molecular flexibility index (Phi) is 3.15. The van der Waals surface area contributed by atoms with Crippen LogP contribution in [0.4, 0.5) is 11.4 Å². The van der Waals surface area contributed by atoms with Crippen LogP contribution in [0.1, 0.15) is 0 Å². The van der Waals surface area contributed by atoms with Crippen LogP contribution in [0.2, 0.25) is 0 Å². The van der Waals surface area contributed by atoms with Gasteiger partial charge in [-0.1, -0.05) is 0 Å². The molecule has 1 fully saturated rings. The maximum Gasteiger partial charge on any atom is 0.153 e. The number of benzene rings is 1. The standard InChI is InChI=1S/C11H16N2O3S/c1-16-11-7-9(12)6-10(8-11)13-2-4-17(14,15)5-3-13/h6-8H,2-5,12H2,1H3. The van der Waals surface area contributed by atoms with E-state index >= 15 is 0 Å². The average Bonchev–Trinajstić information content (AvgIpc) is 2.28. The molecule has 0 spiro atoms. The van der Waals surface area contributed by atoms with Gasteiger partial charge in [-0.15, -0.1) is 0 Å². The lowest BCUT2D eigenvalue weighted by Gasteiger charge is -2.29. The molecular weight excluding hydrogens is 240 g/mol. The SMILES string of the molecule is COc1cc(N)cc(N2CCS(=O)(=O)CC2)c1. The minimum absolute atomic E-state index is 0.199. The molecule has 1 aromatic carbocycles. The van der Waals surface area contributed by atoms with Gasteiger partial charge >= 0.3 is 0 Å². The van der Waals surface area contributed by atoms with Crippen molar-refractivity contribution in [1.82, 2.24) is 0 Å². The highest BCUT2D eigenvalue weighted by Gasteiger charge is 2.22. The van der Waals surface area contributed by atoms with Gasteiger partial charge in [0.15, 0.2) is 9.84 Å². The molecule has 1 aromatic rings. The van der Waals surface area contributed by atoms with Crippen LogP contribution in [0.25, 0.3) is 0 Å². The fourth-order valence-corrected chi connectivity index (χ4v) is 3.08. The van der Waals surface area contributed by atoms with Gasteiger partial charge < -0.3 is 15.4 Å². The summed E-state index contributed by atoms with van der Waals surface area (Å²) in [5.41, 5.74) is 7.30. The van der Waals surface area contributed by atoms with Gasteiger partial charge in [-0.2, -0.15) is 0 Å². The van der Waals surface area contributed by atoms with Gasteiger partial charge in [-0.05, 0) is 6.07 Å². The first kappa shape index (κ1) is 12.0. The highest BCUT2D eigenvalue weighted by Crippen LogP contribution is 2.26. The summed E-state index contributed by atoms with van der Waals surface area (Å²) in [5.74, 6) is 1.09. The maximum atomic E-state index is 11.3. The number of nitrogen functional groups attached to an aromatic ring is 1. The summed E-state index contributed by atoms with van der Waals surface area (Å²) in [6.45, 7) is 1.02. The minimum atomic E-state index is -2.85. The predicted molar refractivity (Wildman–Crippen MR) is 68.3 cm³/mol. The van der Waals surface area contributed by atoms with E-state index < -0.39 is 9.84 Å². The van der Waals surface area contributed by atoms with Crippen molar-refractivity contribution in [1.29, 1.82) is 0 Å². The van der Waals surface area contributed by atoms with E-state index in [4.69, 9.17) is 10.5 Å². The fraction of sp³-hybridized carbons (Fsp3) is 0.455. The molecule has 5 nitrogen and oxygen atoms in total. The zero-order valence-corrected chi connectivity index (χ0v) is 10.5. The topological polar surface area (TPSA) is 72.6 Å². The summed E-state index contributed by atoms with van der Waals surface area (Å²) in [4.78, 5) is 2.01. The lowest BCUT2D eigenvalue weighted by Crippen LogP contribution is -2.40. The van der Waals surface area contributed by atoms with Crippen LogP contribution >= 0.6 is 0 Å². The van der Waals surface area contributed by atoms with Gasteiger partial charge in [-0.3, -0.25) is 0 Å². The summed E-state index contributed by atoms with van der Waals surface area (Å²) in [7, 11) is -1.27. The number of hydrogen-bond acceptors (Lipinski definition) is 5. The second kappa shape index (κ2) is 4.44. The van der Waals surface area contributed by atoms with Crippen LogP contribution in [0.15, 0.2) is 18.2 Å². The summed E-state index contributed by atoms with van der Waals surface area (Å²) in [6, 6.07) is 5.44. The largest absolute Gasteiger partial charge is 0.497 e. The number of anilines is 2. The molecule has 1 heterocycles. The number of nitrogens with zero attached hydrogens (tertiary/aromatic N) is 1. The second-order valence-electron chi connectivity index (χ2n) is 4.10. The summed E-state index contributed by atoms with van der Waals surface area (Å²) < 4.78 is 27.8. The first-order valence-electron chi connectivity index (χ1n) is 5.40. The lowest BCUT2D eigenvalue weighted by atomic mass is 10.2. The average molecular weight is 256 g/mol. The Morgan fingerprint density at radius 2 is 1.88 bits per heavy atom. The fourth-order valence-electron chi connectivity index (χ4n) is 1.88. The van der Waals surface area contributed by atoms with E-state index in [2.05, 4.69) is 0 Å². The third kappa shape index (κ3) is 2.82. The van der Waals surface area contributed by atoms with Gasteiger partial charge in [0.2, 0.25) is 0 Å². The molecule has 1 saturated heterocycles. The van der Waals surface area contributed by atoms with Gasteiger partial charge in [0, 0.05) is 36.6 Å². The molecule has 0 atom stereocenters. The molecule has 0 aromatic heterocycles. The Morgan fingerprint density at radius 1 is 1.24 bits per heavy atom.